The van der Waals surface area contributed by atoms with E-state index >= 15 is 0 Å². The summed E-state index contributed by atoms with van der Waals surface area (Å²) in [4.78, 5) is 48.5. The molecule has 0 bridgehead atoms. The van der Waals surface area contributed by atoms with Crippen LogP contribution in [-0.2, 0) is 9.53 Å². The molecule has 0 radical (unpaired) electrons. The highest BCUT2D eigenvalue weighted by Crippen LogP contribution is 2.48. The second kappa shape index (κ2) is 11.7. The number of nitrogens with zero attached hydrogens (tertiary/aromatic N) is 3. The average Bonchev–Trinajstić information content (AvgIpc) is 3.33. The Balaban J connectivity index is 1.18. The summed E-state index contributed by atoms with van der Waals surface area (Å²) in [5.74, 6) is 0.840. The number of carbonyl (C=O) groups is 3. The average molecular weight is 607 g/mol. The molecule has 3 saturated heterocycles. The molecule has 1 aromatic carbocycles. The minimum absolute atomic E-state index is 0.0452. The monoisotopic (exact) mass is 606 g/mol. The smallest absolute Gasteiger partial charge is 0.410 e. The van der Waals surface area contributed by atoms with Crippen molar-refractivity contribution in [2.45, 2.75) is 70.0 Å². The van der Waals surface area contributed by atoms with Gasteiger partial charge in [-0.05, 0) is 71.7 Å². The van der Waals surface area contributed by atoms with Crippen LogP contribution in [-0.4, -0.2) is 70.6 Å². The normalized spacial score (nSPS) is 25.2. The third kappa shape index (κ3) is 6.16. The summed E-state index contributed by atoms with van der Waals surface area (Å²) in [7, 11) is 0. The van der Waals surface area contributed by atoms with Crippen LogP contribution in [0.3, 0.4) is 0 Å². The van der Waals surface area contributed by atoms with E-state index in [-0.39, 0.29) is 41.4 Å². The number of rotatable bonds is 5. The molecule has 4 aliphatic heterocycles. The van der Waals surface area contributed by atoms with Gasteiger partial charge in [-0.3, -0.25) is 9.69 Å². The zero-order chi connectivity index (χ0) is 30.3. The Hall–Kier alpha value is -3.77. The fourth-order valence-corrected chi connectivity index (χ4v) is 7.59. The maximum atomic E-state index is 13.7. The van der Waals surface area contributed by atoms with Gasteiger partial charge in [0.25, 0.3) is 5.91 Å². The third-order valence-corrected chi connectivity index (χ3v) is 9.37. The Morgan fingerprint density at radius 2 is 1.91 bits per heavy atom. The zero-order valence-corrected chi connectivity index (χ0v) is 25.7. The van der Waals surface area contributed by atoms with E-state index < -0.39 is 5.60 Å². The number of aromatic nitrogens is 1. The molecule has 5 heterocycles. The number of thioether (sulfide) groups is 1. The highest BCUT2D eigenvalue weighted by Gasteiger charge is 2.52. The minimum atomic E-state index is -0.584. The number of para-hydroxylation sites is 1. The SMILES string of the molecule is Cc1nc(Oc2ccccc2)ccc1N1C(=O)NC2=C(C(=O)N[C@@H]3CCCN(C(=O)OC(C)(C)C)C3)SC3NCCC1C23. The van der Waals surface area contributed by atoms with Crippen LogP contribution in [0.1, 0.15) is 45.7 Å². The second-order valence-corrected chi connectivity index (χ2v) is 13.5. The van der Waals surface area contributed by atoms with E-state index in [1.165, 1.54) is 11.8 Å². The van der Waals surface area contributed by atoms with Crippen LogP contribution in [0, 0.1) is 12.8 Å². The van der Waals surface area contributed by atoms with Gasteiger partial charge in [-0.2, -0.15) is 0 Å². The zero-order valence-electron chi connectivity index (χ0n) is 24.9. The Morgan fingerprint density at radius 1 is 1.12 bits per heavy atom. The highest BCUT2D eigenvalue weighted by atomic mass is 32.2. The molecule has 4 aliphatic rings. The standard InChI is InChI=1S/C31H38N6O5S/c1-18-21(12-13-23(33-18)41-20-10-6-5-7-11-20)37-22-14-15-32-28-24(22)25(35-29(37)39)26(43-28)27(38)34-19-9-8-16-36(17-19)30(40)42-31(2,3)4/h5-7,10-13,19,22,24,28,32H,8-9,14-17H2,1-4H3,(H,34,38)(H,35,39)/t19-,22?,24?,28?/m1/s1. The predicted molar refractivity (Wildman–Crippen MR) is 164 cm³/mol. The van der Waals surface area contributed by atoms with Crippen molar-refractivity contribution >= 4 is 35.5 Å². The van der Waals surface area contributed by atoms with Crippen LogP contribution < -0.4 is 25.6 Å². The minimum Gasteiger partial charge on any atom is -0.444 e. The summed E-state index contributed by atoms with van der Waals surface area (Å²) in [5.41, 5.74) is 1.48. The van der Waals surface area contributed by atoms with Gasteiger partial charge in [-0.15, -0.1) is 0 Å². The number of nitrogens with one attached hydrogen (secondary N) is 3. The van der Waals surface area contributed by atoms with E-state index in [2.05, 4.69) is 20.9 Å². The number of amides is 4. The van der Waals surface area contributed by atoms with Gasteiger partial charge in [0.2, 0.25) is 5.88 Å². The van der Waals surface area contributed by atoms with Crippen molar-refractivity contribution in [1.82, 2.24) is 25.8 Å². The van der Waals surface area contributed by atoms with Crippen molar-refractivity contribution in [3.8, 4) is 11.6 Å². The number of carbonyl (C=O) groups excluding carboxylic acids is 3. The summed E-state index contributed by atoms with van der Waals surface area (Å²) in [6, 6.07) is 12.5. The van der Waals surface area contributed by atoms with Crippen LogP contribution in [0.2, 0.25) is 0 Å². The number of urea groups is 1. The number of piperidine rings is 2. The molecule has 0 spiro atoms. The van der Waals surface area contributed by atoms with Crippen LogP contribution in [0.15, 0.2) is 53.1 Å². The molecule has 6 rings (SSSR count). The first-order valence-corrected chi connectivity index (χ1v) is 15.7. The lowest BCUT2D eigenvalue weighted by Crippen LogP contribution is -2.62. The number of anilines is 1. The van der Waals surface area contributed by atoms with Gasteiger partial charge in [0, 0.05) is 36.8 Å². The maximum absolute atomic E-state index is 13.7. The van der Waals surface area contributed by atoms with Crippen LogP contribution in [0.4, 0.5) is 15.3 Å². The fourth-order valence-electron chi connectivity index (χ4n) is 6.19. The number of hydrogen-bond acceptors (Lipinski definition) is 8. The quantitative estimate of drug-likeness (QED) is 0.455. The first kappa shape index (κ1) is 29.3. The summed E-state index contributed by atoms with van der Waals surface area (Å²) in [6.45, 7) is 9.10. The van der Waals surface area contributed by atoms with Gasteiger partial charge >= 0.3 is 12.1 Å². The molecule has 3 fully saturated rings. The number of ether oxygens (including phenoxy) is 2. The molecular weight excluding hydrogens is 568 g/mol. The molecule has 43 heavy (non-hydrogen) atoms. The topological polar surface area (TPSA) is 125 Å². The van der Waals surface area contributed by atoms with Crippen LogP contribution >= 0.6 is 11.8 Å². The predicted octanol–water partition coefficient (Wildman–Crippen LogP) is 4.49. The molecule has 1 aromatic heterocycles. The Morgan fingerprint density at radius 3 is 2.65 bits per heavy atom. The van der Waals surface area contributed by atoms with Crippen molar-refractivity contribution < 1.29 is 23.9 Å². The number of benzene rings is 1. The lowest BCUT2D eigenvalue weighted by atomic mass is 9.86. The van der Waals surface area contributed by atoms with Crippen molar-refractivity contribution in [3.63, 3.8) is 0 Å². The van der Waals surface area contributed by atoms with Crippen molar-refractivity contribution in [3.05, 3.63) is 58.8 Å². The van der Waals surface area contributed by atoms with E-state index in [1.54, 1.807) is 15.9 Å². The largest absolute Gasteiger partial charge is 0.444 e. The van der Waals surface area contributed by atoms with Gasteiger partial charge in [0.15, 0.2) is 0 Å². The molecule has 4 atom stereocenters. The summed E-state index contributed by atoms with van der Waals surface area (Å²) < 4.78 is 11.4. The van der Waals surface area contributed by atoms with Crippen molar-refractivity contribution in [2.75, 3.05) is 24.5 Å². The van der Waals surface area contributed by atoms with Gasteiger partial charge in [-0.1, -0.05) is 30.0 Å². The number of hydrogen-bond donors (Lipinski definition) is 3. The molecule has 228 valence electrons. The lowest BCUT2D eigenvalue weighted by Gasteiger charge is -2.46. The first-order valence-electron chi connectivity index (χ1n) is 14.8. The van der Waals surface area contributed by atoms with Gasteiger partial charge in [0.1, 0.15) is 11.4 Å². The summed E-state index contributed by atoms with van der Waals surface area (Å²) >= 11 is 1.46. The first-order chi connectivity index (χ1) is 20.6. The summed E-state index contributed by atoms with van der Waals surface area (Å²) in [5, 5.41) is 9.68. The molecule has 2 aromatic rings. The molecule has 0 saturated carbocycles. The molecule has 3 unspecified atom stereocenters. The number of pyridine rings is 1. The lowest BCUT2D eigenvalue weighted by molar-refractivity contribution is -0.118. The van der Waals surface area contributed by atoms with Crippen LogP contribution in [0.25, 0.3) is 0 Å². The van der Waals surface area contributed by atoms with E-state index in [9.17, 15) is 14.4 Å². The molecule has 12 heteroatoms. The van der Waals surface area contributed by atoms with E-state index in [0.717, 1.165) is 31.5 Å². The van der Waals surface area contributed by atoms with Gasteiger partial charge < -0.3 is 30.3 Å². The van der Waals surface area contributed by atoms with Gasteiger partial charge in [-0.25, -0.2) is 14.6 Å². The van der Waals surface area contributed by atoms with Gasteiger partial charge in [0.05, 0.1) is 27.7 Å². The second-order valence-electron chi connectivity index (χ2n) is 12.3. The van der Waals surface area contributed by atoms with Crippen molar-refractivity contribution in [2.24, 2.45) is 5.92 Å². The third-order valence-electron chi connectivity index (χ3n) is 8.01. The molecule has 4 amide bonds. The highest BCUT2D eigenvalue weighted by molar-refractivity contribution is 8.04. The van der Waals surface area contributed by atoms with E-state index in [4.69, 9.17) is 9.47 Å². The molecule has 3 N–H and O–H groups in total. The van der Waals surface area contributed by atoms with E-state index in [0.29, 0.717) is 41.0 Å². The van der Waals surface area contributed by atoms with Crippen molar-refractivity contribution in [1.29, 1.82) is 0 Å². The molecule has 0 aliphatic carbocycles. The maximum Gasteiger partial charge on any atom is 0.410 e. The number of likely N-dealkylation sites (tertiary alicyclic amines) is 1. The Bertz CT molecular complexity index is 1440. The van der Waals surface area contributed by atoms with E-state index in [1.807, 2.05) is 64.1 Å². The Labute approximate surface area is 255 Å². The Kier molecular flexibility index (Phi) is 7.99. The summed E-state index contributed by atoms with van der Waals surface area (Å²) in [6.07, 6.45) is 1.91. The molecular formula is C31H38N6O5S. The fraction of sp³-hybridized carbons (Fsp3) is 0.484. The van der Waals surface area contributed by atoms with Crippen LogP contribution in [0.5, 0.6) is 11.6 Å². The number of aryl methyl sites for hydroxylation is 1. The molecule has 11 nitrogen and oxygen atoms in total.